The highest BCUT2D eigenvalue weighted by molar-refractivity contribution is 6.02. The Kier molecular flexibility index (Phi) is 9.37. The number of rotatable bonds is 9. The molecule has 0 aliphatic carbocycles. The van der Waals surface area contributed by atoms with E-state index in [4.69, 9.17) is 30.4 Å². The Bertz CT molecular complexity index is 1970. The molecule has 4 aromatic rings. The number of hydrogen-bond acceptors (Lipinski definition) is 10. The molecule has 3 aliphatic rings. The van der Waals surface area contributed by atoms with Gasteiger partial charge in [0.05, 0.1) is 56.5 Å². The quantitative estimate of drug-likeness (QED) is 0.174. The third-order valence-corrected chi connectivity index (χ3v) is 10.1. The number of nitrogens with two attached hydrogens (primary N) is 2. The van der Waals surface area contributed by atoms with Crippen LogP contribution >= 0.6 is 0 Å². The zero-order chi connectivity index (χ0) is 35.8. The van der Waals surface area contributed by atoms with Gasteiger partial charge in [-0.1, -0.05) is 48.5 Å². The number of likely N-dealkylation sites (N-methyl/N-ethyl adjacent to an activating group) is 1. The van der Waals surface area contributed by atoms with Crippen LogP contribution in [0.25, 0.3) is 0 Å². The Morgan fingerprint density at radius 2 is 1.41 bits per heavy atom. The fourth-order valence-corrected chi connectivity index (χ4v) is 7.26. The van der Waals surface area contributed by atoms with Crippen LogP contribution in [0.2, 0.25) is 0 Å². The van der Waals surface area contributed by atoms with Crippen molar-refractivity contribution in [3.63, 3.8) is 0 Å². The second kappa shape index (κ2) is 14.0. The molecule has 3 unspecified atom stereocenters. The van der Waals surface area contributed by atoms with E-state index in [0.717, 1.165) is 22.3 Å². The predicted molar refractivity (Wildman–Crippen MR) is 192 cm³/mol. The number of carbonyl (C=O) groups is 2. The van der Waals surface area contributed by atoms with Gasteiger partial charge in [-0.15, -0.1) is 0 Å². The molecule has 5 N–H and O–H groups in total. The molecule has 4 aromatic carbocycles. The number of nitrogens with zero attached hydrogens (tertiary/aromatic N) is 3. The van der Waals surface area contributed by atoms with E-state index in [0.29, 0.717) is 72.2 Å². The van der Waals surface area contributed by atoms with Crippen molar-refractivity contribution in [2.24, 2.45) is 5.73 Å². The number of aliphatic hydroxyl groups is 1. The predicted octanol–water partition coefficient (Wildman–Crippen LogP) is 3.95. The number of methoxy groups -OCH3 is 2. The van der Waals surface area contributed by atoms with Crippen molar-refractivity contribution in [1.29, 1.82) is 0 Å². The summed E-state index contributed by atoms with van der Waals surface area (Å²) in [6.07, 6.45) is 0.203. The lowest BCUT2D eigenvalue weighted by atomic mass is 9.93. The van der Waals surface area contributed by atoms with Gasteiger partial charge in [0.1, 0.15) is 6.23 Å². The molecule has 2 amide bonds. The molecule has 0 fully saturated rings. The van der Waals surface area contributed by atoms with Crippen molar-refractivity contribution in [3.05, 3.63) is 106 Å². The normalized spacial score (nSPS) is 19.3. The largest absolute Gasteiger partial charge is 0.493 e. The summed E-state index contributed by atoms with van der Waals surface area (Å²) in [4.78, 5) is 32.6. The van der Waals surface area contributed by atoms with Gasteiger partial charge in [-0.2, -0.15) is 0 Å². The van der Waals surface area contributed by atoms with Crippen molar-refractivity contribution in [2.75, 3.05) is 45.1 Å². The number of anilines is 2. The van der Waals surface area contributed by atoms with E-state index in [1.165, 1.54) is 14.2 Å². The molecule has 266 valence electrons. The van der Waals surface area contributed by atoms with Gasteiger partial charge in [0.15, 0.2) is 23.0 Å². The molecule has 3 aliphatic heterocycles. The van der Waals surface area contributed by atoms with Crippen molar-refractivity contribution in [3.8, 4) is 23.0 Å². The monoisotopic (exact) mass is 693 g/mol. The van der Waals surface area contributed by atoms with Crippen LogP contribution in [0.1, 0.15) is 49.4 Å². The van der Waals surface area contributed by atoms with Gasteiger partial charge in [0.25, 0.3) is 11.8 Å². The van der Waals surface area contributed by atoms with E-state index >= 15 is 0 Å². The van der Waals surface area contributed by atoms with Crippen molar-refractivity contribution in [2.45, 2.75) is 50.8 Å². The second-order valence-electron chi connectivity index (χ2n) is 13.1. The second-order valence-corrected chi connectivity index (χ2v) is 13.1. The highest BCUT2D eigenvalue weighted by Gasteiger charge is 2.41. The molecular weight excluding hydrogens is 650 g/mol. The highest BCUT2D eigenvalue weighted by atomic mass is 16.5. The number of nitrogen functional groups attached to an aromatic ring is 1. The van der Waals surface area contributed by atoms with E-state index in [1.54, 1.807) is 46.0 Å². The molecule has 51 heavy (non-hydrogen) atoms. The number of amides is 2. The molecule has 0 bridgehead atoms. The Labute approximate surface area is 297 Å². The van der Waals surface area contributed by atoms with E-state index < -0.39 is 18.4 Å². The molecule has 12 nitrogen and oxygen atoms in total. The van der Waals surface area contributed by atoms with Crippen molar-refractivity contribution < 1.29 is 33.6 Å². The maximum Gasteiger partial charge on any atom is 0.257 e. The lowest BCUT2D eigenvalue weighted by Crippen LogP contribution is -2.53. The van der Waals surface area contributed by atoms with E-state index in [1.807, 2.05) is 48.5 Å². The van der Waals surface area contributed by atoms with Gasteiger partial charge in [-0.05, 0) is 40.8 Å². The molecule has 7 rings (SSSR count). The third-order valence-electron chi connectivity index (χ3n) is 10.1. The summed E-state index contributed by atoms with van der Waals surface area (Å²) in [7, 11) is 4.82. The Hall–Kier alpha value is -5.46. The average molecular weight is 694 g/mol. The lowest BCUT2D eigenvalue weighted by Gasteiger charge is -2.39. The number of hydrogen-bond donors (Lipinski definition) is 3. The standard InChI is InChI=1S/C39H43N5O7/c1-42-30-20-35(33(49-3)18-28(30)38(46)43-21-25-11-6-4-9-23(25)15-31(43)39(42)47)51-14-8-13-50-34-19-29(40)27(17-32(34)48-2)37(45)44-22-26-12-7-5-10-24(26)16-36(44)41/h4-7,9-12,17-20,31,36,39,47H,8,13-16,21-22,40-41H2,1-3H3. The Morgan fingerprint density at radius 1 is 0.824 bits per heavy atom. The first kappa shape index (κ1) is 34.0. The minimum atomic E-state index is -0.921. The van der Waals surface area contributed by atoms with Crippen LogP contribution in [0, 0.1) is 0 Å². The number of benzene rings is 4. The van der Waals surface area contributed by atoms with Crippen molar-refractivity contribution in [1.82, 2.24) is 9.80 Å². The molecule has 0 radical (unpaired) electrons. The number of carbonyl (C=O) groups excluding carboxylic acids is 2. The van der Waals surface area contributed by atoms with Gasteiger partial charge in [0, 0.05) is 50.8 Å². The van der Waals surface area contributed by atoms with Crippen LogP contribution in [0.3, 0.4) is 0 Å². The third kappa shape index (κ3) is 6.36. The van der Waals surface area contributed by atoms with Crippen LogP contribution < -0.4 is 35.3 Å². The fourth-order valence-electron chi connectivity index (χ4n) is 7.26. The fraction of sp³-hybridized carbons (Fsp3) is 0.333. The minimum absolute atomic E-state index is 0.170. The smallest absolute Gasteiger partial charge is 0.257 e. The summed E-state index contributed by atoms with van der Waals surface area (Å²) in [5, 5.41) is 11.4. The van der Waals surface area contributed by atoms with Gasteiger partial charge >= 0.3 is 0 Å². The van der Waals surface area contributed by atoms with Crippen LogP contribution in [0.5, 0.6) is 23.0 Å². The lowest BCUT2D eigenvalue weighted by molar-refractivity contribution is 0.0326. The summed E-state index contributed by atoms with van der Waals surface area (Å²) in [6.45, 7) is 1.34. The molecular formula is C39H43N5O7. The first-order chi connectivity index (χ1) is 24.7. The summed E-state index contributed by atoms with van der Waals surface area (Å²) in [5.74, 6) is 1.18. The van der Waals surface area contributed by atoms with Crippen molar-refractivity contribution >= 4 is 23.2 Å². The van der Waals surface area contributed by atoms with Gasteiger partial charge in [-0.25, -0.2) is 0 Å². The van der Waals surface area contributed by atoms with Crippen LogP contribution in [-0.2, 0) is 25.9 Å². The summed E-state index contributed by atoms with van der Waals surface area (Å²) >= 11 is 0. The average Bonchev–Trinajstić information content (AvgIpc) is 3.21. The molecule has 0 saturated heterocycles. The maximum atomic E-state index is 13.9. The van der Waals surface area contributed by atoms with E-state index in [9.17, 15) is 14.7 Å². The Morgan fingerprint density at radius 3 is 2.08 bits per heavy atom. The minimum Gasteiger partial charge on any atom is -0.493 e. The summed E-state index contributed by atoms with van der Waals surface area (Å²) in [5.41, 5.74) is 18.7. The SMILES string of the molecule is COc1cc(C(=O)N2Cc3ccccc3CC2N)c(N)cc1OCCCOc1cc2c(cc1OC)C(=O)N1Cc3ccccc3CC1C(O)N2C. The molecule has 0 saturated carbocycles. The van der Waals surface area contributed by atoms with E-state index in [2.05, 4.69) is 0 Å². The zero-order valence-corrected chi connectivity index (χ0v) is 29.0. The number of aliphatic hydroxyl groups excluding tert-OH is 1. The topological polar surface area (TPSA) is 153 Å². The molecule has 0 aromatic heterocycles. The molecule has 0 spiro atoms. The number of ether oxygens (including phenoxy) is 4. The first-order valence-electron chi connectivity index (χ1n) is 17.1. The van der Waals surface area contributed by atoms with Crippen LogP contribution in [0.4, 0.5) is 11.4 Å². The molecule has 3 atom stereocenters. The highest BCUT2D eigenvalue weighted by Crippen LogP contribution is 2.41. The zero-order valence-electron chi connectivity index (χ0n) is 29.0. The van der Waals surface area contributed by atoms with Crippen LogP contribution in [-0.4, -0.2) is 79.6 Å². The first-order valence-corrected chi connectivity index (χ1v) is 17.1. The summed E-state index contributed by atoms with van der Waals surface area (Å²) < 4.78 is 23.4. The Balaban J connectivity index is 1.01. The number of fused-ring (bicyclic) bond motifs is 4. The molecule has 12 heteroatoms. The van der Waals surface area contributed by atoms with Crippen LogP contribution in [0.15, 0.2) is 72.8 Å². The summed E-state index contributed by atoms with van der Waals surface area (Å²) in [6, 6.07) is 22.2. The van der Waals surface area contributed by atoms with Gasteiger partial charge in [-0.3, -0.25) is 9.59 Å². The van der Waals surface area contributed by atoms with Gasteiger partial charge < -0.3 is 50.2 Å². The van der Waals surface area contributed by atoms with E-state index in [-0.39, 0.29) is 30.7 Å². The molecule has 3 heterocycles. The van der Waals surface area contributed by atoms with Gasteiger partial charge in [0.2, 0.25) is 0 Å². The maximum absolute atomic E-state index is 13.9.